The second-order valence-electron chi connectivity index (χ2n) is 3.82. The molecule has 0 unspecified atom stereocenters. The number of piperidine rings is 1. The Balaban J connectivity index is 2.01. The number of likely N-dealkylation sites (tertiary alicyclic amines) is 1. The van der Waals surface area contributed by atoms with Crippen LogP contribution >= 0.6 is 0 Å². The van der Waals surface area contributed by atoms with Crippen molar-refractivity contribution in [1.29, 1.82) is 0 Å². The predicted molar refractivity (Wildman–Crippen MR) is 55.2 cm³/mol. The van der Waals surface area contributed by atoms with Gasteiger partial charge in [0.25, 0.3) is 0 Å². The fraction of sp³-hybridized carbons (Fsp3) is 0.600. The van der Waals surface area contributed by atoms with Crippen LogP contribution in [0.4, 0.5) is 0 Å². The van der Waals surface area contributed by atoms with Crippen molar-refractivity contribution in [3.63, 3.8) is 0 Å². The number of aliphatic hydroxyl groups is 1. The molecular formula is C10H17N3O. The second kappa shape index (κ2) is 3.92. The third-order valence-corrected chi connectivity index (χ3v) is 2.77. The Morgan fingerprint density at radius 2 is 2.14 bits per heavy atom. The highest BCUT2D eigenvalue weighted by Crippen LogP contribution is 2.19. The lowest BCUT2D eigenvalue weighted by Crippen LogP contribution is -2.38. The molecule has 2 rings (SSSR count). The van der Waals surface area contributed by atoms with E-state index in [1.54, 1.807) is 0 Å². The minimum Gasteiger partial charge on any atom is -0.396 e. The maximum absolute atomic E-state index is 9.39. The Morgan fingerprint density at radius 3 is 2.79 bits per heavy atom. The molecule has 0 radical (unpaired) electrons. The summed E-state index contributed by atoms with van der Waals surface area (Å²) < 4.78 is 0. The summed E-state index contributed by atoms with van der Waals surface area (Å²) in [6.07, 6.45) is 5.52. The predicted octanol–water partition coefficient (Wildman–Crippen LogP) is -0.270. The Bertz CT molecular complexity index is 265. The molecular weight excluding hydrogens is 178 g/mol. The minimum absolute atomic E-state index is 0.126. The van der Waals surface area contributed by atoms with Crippen LogP contribution in [0.3, 0.4) is 0 Å². The summed E-state index contributed by atoms with van der Waals surface area (Å²) in [6.45, 7) is 2.65. The second-order valence-corrected chi connectivity index (χ2v) is 3.82. The molecule has 2 aliphatic rings. The third kappa shape index (κ3) is 1.85. The monoisotopic (exact) mass is 195 g/mol. The summed E-state index contributed by atoms with van der Waals surface area (Å²) in [7, 11) is 0. The van der Waals surface area contributed by atoms with Gasteiger partial charge in [-0.25, -0.2) is 0 Å². The molecule has 4 nitrogen and oxygen atoms in total. The summed E-state index contributed by atoms with van der Waals surface area (Å²) in [4.78, 5) is 2.25. The van der Waals surface area contributed by atoms with Crippen LogP contribution in [0.1, 0.15) is 12.8 Å². The SMILES string of the molecule is NC1=CNCC=C1N1CCC(O)CC1. The average molecular weight is 195 g/mol. The van der Waals surface area contributed by atoms with E-state index in [9.17, 15) is 5.11 Å². The van der Waals surface area contributed by atoms with Crippen molar-refractivity contribution in [1.82, 2.24) is 10.2 Å². The van der Waals surface area contributed by atoms with Crippen LogP contribution in [0.5, 0.6) is 0 Å². The van der Waals surface area contributed by atoms with Crippen LogP contribution in [-0.4, -0.2) is 35.7 Å². The summed E-state index contributed by atoms with van der Waals surface area (Å²) in [5.74, 6) is 0. The Kier molecular flexibility index (Phi) is 2.63. The van der Waals surface area contributed by atoms with Crippen LogP contribution in [0.25, 0.3) is 0 Å². The lowest BCUT2D eigenvalue weighted by atomic mass is 10.1. The maximum atomic E-state index is 9.39. The van der Waals surface area contributed by atoms with E-state index in [1.807, 2.05) is 6.20 Å². The van der Waals surface area contributed by atoms with Crippen LogP contribution in [0.15, 0.2) is 23.7 Å². The van der Waals surface area contributed by atoms with Crippen molar-refractivity contribution in [3.05, 3.63) is 23.7 Å². The lowest BCUT2D eigenvalue weighted by molar-refractivity contribution is 0.0977. The van der Waals surface area contributed by atoms with Gasteiger partial charge in [0.2, 0.25) is 0 Å². The lowest BCUT2D eigenvalue weighted by Gasteiger charge is -2.34. The Hall–Kier alpha value is -1.16. The molecule has 4 heteroatoms. The number of nitrogens with two attached hydrogens (primary N) is 1. The van der Waals surface area contributed by atoms with Gasteiger partial charge in [0.15, 0.2) is 0 Å². The molecule has 0 aliphatic carbocycles. The Labute approximate surface area is 84.1 Å². The highest BCUT2D eigenvalue weighted by atomic mass is 16.3. The summed E-state index contributed by atoms with van der Waals surface area (Å²) in [5, 5.41) is 12.5. The van der Waals surface area contributed by atoms with Gasteiger partial charge in [-0.05, 0) is 18.9 Å². The van der Waals surface area contributed by atoms with E-state index in [0.717, 1.165) is 43.9 Å². The van der Waals surface area contributed by atoms with E-state index in [0.29, 0.717) is 0 Å². The van der Waals surface area contributed by atoms with Crippen LogP contribution < -0.4 is 11.1 Å². The van der Waals surface area contributed by atoms with E-state index in [1.165, 1.54) is 0 Å². The number of nitrogens with zero attached hydrogens (tertiary/aromatic N) is 1. The average Bonchev–Trinajstić information content (AvgIpc) is 2.20. The largest absolute Gasteiger partial charge is 0.396 e. The van der Waals surface area contributed by atoms with Crippen molar-refractivity contribution in [3.8, 4) is 0 Å². The van der Waals surface area contributed by atoms with E-state index in [2.05, 4.69) is 16.3 Å². The quantitative estimate of drug-likeness (QED) is 0.539. The van der Waals surface area contributed by atoms with Crippen molar-refractivity contribution < 1.29 is 5.11 Å². The summed E-state index contributed by atoms with van der Waals surface area (Å²) in [5.41, 5.74) is 7.79. The molecule has 2 aliphatic heterocycles. The van der Waals surface area contributed by atoms with Gasteiger partial charge >= 0.3 is 0 Å². The van der Waals surface area contributed by atoms with Crippen LogP contribution in [0, 0.1) is 0 Å². The van der Waals surface area contributed by atoms with Crippen molar-refractivity contribution in [2.24, 2.45) is 5.73 Å². The van der Waals surface area contributed by atoms with Gasteiger partial charge < -0.3 is 21.1 Å². The van der Waals surface area contributed by atoms with Crippen LogP contribution in [-0.2, 0) is 0 Å². The summed E-state index contributed by atoms with van der Waals surface area (Å²) in [6, 6.07) is 0. The van der Waals surface area contributed by atoms with Gasteiger partial charge in [0.05, 0.1) is 17.5 Å². The maximum Gasteiger partial charge on any atom is 0.0708 e. The zero-order chi connectivity index (χ0) is 9.97. The number of rotatable bonds is 1. The first kappa shape index (κ1) is 9.40. The van der Waals surface area contributed by atoms with Gasteiger partial charge in [-0.2, -0.15) is 0 Å². The fourth-order valence-electron chi connectivity index (χ4n) is 1.93. The topological polar surface area (TPSA) is 61.5 Å². The van der Waals surface area contributed by atoms with Gasteiger partial charge in [-0.3, -0.25) is 0 Å². The number of hydrogen-bond donors (Lipinski definition) is 3. The fourth-order valence-corrected chi connectivity index (χ4v) is 1.93. The molecule has 0 saturated carbocycles. The Morgan fingerprint density at radius 1 is 1.43 bits per heavy atom. The van der Waals surface area contributed by atoms with Gasteiger partial charge in [0, 0.05) is 25.8 Å². The molecule has 0 spiro atoms. The molecule has 1 fully saturated rings. The van der Waals surface area contributed by atoms with Crippen LogP contribution in [0.2, 0.25) is 0 Å². The molecule has 0 aromatic rings. The van der Waals surface area contributed by atoms with E-state index in [4.69, 9.17) is 5.73 Å². The third-order valence-electron chi connectivity index (χ3n) is 2.77. The van der Waals surface area contributed by atoms with Crippen molar-refractivity contribution >= 4 is 0 Å². The molecule has 0 bridgehead atoms. The molecule has 0 atom stereocenters. The molecule has 0 amide bonds. The number of aliphatic hydroxyl groups excluding tert-OH is 1. The number of nitrogens with one attached hydrogen (secondary N) is 1. The summed E-state index contributed by atoms with van der Waals surface area (Å²) >= 11 is 0. The molecule has 0 aromatic heterocycles. The zero-order valence-electron chi connectivity index (χ0n) is 8.24. The minimum atomic E-state index is -0.126. The standard InChI is InChI=1S/C10H17N3O/c11-9-7-12-4-1-10(9)13-5-2-8(14)3-6-13/h1,7-8,12,14H,2-6,11H2. The molecule has 14 heavy (non-hydrogen) atoms. The smallest absolute Gasteiger partial charge is 0.0708 e. The first-order chi connectivity index (χ1) is 6.77. The van der Waals surface area contributed by atoms with E-state index < -0.39 is 0 Å². The highest BCUT2D eigenvalue weighted by molar-refractivity contribution is 5.30. The normalized spacial score (nSPS) is 23.9. The van der Waals surface area contributed by atoms with E-state index in [-0.39, 0.29) is 6.10 Å². The van der Waals surface area contributed by atoms with Gasteiger partial charge in [0.1, 0.15) is 0 Å². The molecule has 4 N–H and O–H groups in total. The number of dihydropyridines is 1. The zero-order valence-corrected chi connectivity index (χ0v) is 8.24. The first-order valence-electron chi connectivity index (χ1n) is 5.10. The van der Waals surface area contributed by atoms with Crippen molar-refractivity contribution in [2.45, 2.75) is 18.9 Å². The van der Waals surface area contributed by atoms with Gasteiger partial charge in [-0.15, -0.1) is 0 Å². The molecule has 78 valence electrons. The molecule has 1 saturated heterocycles. The first-order valence-corrected chi connectivity index (χ1v) is 5.10. The molecule has 2 heterocycles. The molecule has 0 aromatic carbocycles. The highest BCUT2D eigenvalue weighted by Gasteiger charge is 2.20. The number of hydrogen-bond acceptors (Lipinski definition) is 4. The van der Waals surface area contributed by atoms with Gasteiger partial charge in [-0.1, -0.05) is 0 Å². The van der Waals surface area contributed by atoms with Crippen molar-refractivity contribution in [2.75, 3.05) is 19.6 Å². The van der Waals surface area contributed by atoms with E-state index >= 15 is 0 Å².